The predicted molar refractivity (Wildman–Crippen MR) is 106 cm³/mol. The summed E-state index contributed by atoms with van der Waals surface area (Å²) in [4.78, 5) is 23.3. The molecule has 0 radical (unpaired) electrons. The maximum Gasteiger partial charge on any atom is 0.412 e. The number of phenols is 1. The Hall–Kier alpha value is -2.80. The van der Waals surface area contributed by atoms with Crippen molar-refractivity contribution < 1.29 is 24.5 Å². The van der Waals surface area contributed by atoms with E-state index < -0.39 is 23.6 Å². The van der Waals surface area contributed by atoms with E-state index in [0.717, 1.165) is 6.08 Å². The highest BCUT2D eigenvalue weighted by Crippen LogP contribution is 2.42. The predicted octanol–water partition coefficient (Wildman–Crippen LogP) is 5.11. The van der Waals surface area contributed by atoms with E-state index in [4.69, 9.17) is 9.84 Å². The standard InChI is InChI=1S/C20H20BrNO5/c1-20(2,11-10-17(24)25)18(15-12-13(21)8-9-16(15)23)27-19(26)22-14-6-4-3-5-7-14/h3-12,18,23H,1-2H3,(H,22,26)(H,24,25)/b11-10+/t18-/m1/s1. The van der Waals surface area contributed by atoms with E-state index in [1.165, 1.54) is 12.1 Å². The summed E-state index contributed by atoms with van der Waals surface area (Å²) in [6.07, 6.45) is 0.757. The lowest BCUT2D eigenvalue weighted by Crippen LogP contribution is -2.28. The largest absolute Gasteiger partial charge is 0.508 e. The summed E-state index contributed by atoms with van der Waals surface area (Å²) in [5.74, 6) is -1.18. The van der Waals surface area contributed by atoms with E-state index in [9.17, 15) is 14.7 Å². The van der Waals surface area contributed by atoms with Crippen LogP contribution in [-0.4, -0.2) is 22.3 Å². The van der Waals surface area contributed by atoms with Crippen LogP contribution < -0.4 is 5.32 Å². The number of benzene rings is 2. The first kappa shape index (κ1) is 20.5. The number of carbonyl (C=O) groups is 2. The minimum atomic E-state index is -1.12. The fourth-order valence-electron chi connectivity index (χ4n) is 2.50. The number of aliphatic carboxylic acids is 1. The number of halogens is 1. The van der Waals surface area contributed by atoms with Gasteiger partial charge in [0.1, 0.15) is 11.9 Å². The highest BCUT2D eigenvalue weighted by atomic mass is 79.9. The molecular weight excluding hydrogens is 414 g/mol. The molecule has 0 aromatic heterocycles. The fourth-order valence-corrected chi connectivity index (χ4v) is 2.88. The van der Waals surface area contributed by atoms with E-state index in [2.05, 4.69) is 21.2 Å². The number of ether oxygens (including phenoxy) is 1. The van der Waals surface area contributed by atoms with Gasteiger partial charge in [0.05, 0.1) is 0 Å². The van der Waals surface area contributed by atoms with Gasteiger partial charge in [-0.05, 0) is 30.3 Å². The van der Waals surface area contributed by atoms with Gasteiger partial charge in [-0.3, -0.25) is 5.32 Å². The van der Waals surface area contributed by atoms with Crippen LogP contribution in [0, 0.1) is 5.41 Å². The van der Waals surface area contributed by atoms with E-state index in [-0.39, 0.29) is 5.75 Å². The van der Waals surface area contributed by atoms with Gasteiger partial charge in [0, 0.05) is 27.2 Å². The number of rotatable bonds is 6. The summed E-state index contributed by atoms with van der Waals surface area (Å²) in [6, 6.07) is 13.5. The molecule has 142 valence electrons. The van der Waals surface area contributed by atoms with Crippen LogP contribution in [0.5, 0.6) is 5.75 Å². The summed E-state index contributed by atoms with van der Waals surface area (Å²) in [7, 11) is 0. The Kier molecular flexibility index (Phi) is 6.63. The number of carboxylic acids is 1. The van der Waals surface area contributed by atoms with Gasteiger partial charge >= 0.3 is 12.1 Å². The minimum absolute atomic E-state index is 0.0625. The number of para-hydroxylation sites is 1. The number of carbonyl (C=O) groups excluding carboxylic acids is 1. The molecule has 7 heteroatoms. The second kappa shape index (κ2) is 8.73. The Morgan fingerprint density at radius 1 is 1.19 bits per heavy atom. The number of hydrogen-bond donors (Lipinski definition) is 3. The first-order valence-electron chi connectivity index (χ1n) is 8.12. The molecule has 0 aliphatic rings. The van der Waals surface area contributed by atoms with E-state index >= 15 is 0 Å². The van der Waals surface area contributed by atoms with Crippen LogP contribution in [0.3, 0.4) is 0 Å². The Balaban J connectivity index is 2.35. The molecule has 0 unspecified atom stereocenters. The monoisotopic (exact) mass is 433 g/mol. The molecule has 0 aliphatic heterocycles. The summed E-state index contributed by atoms with van der Waals surface area (Å²) in [5.41, 5.74) is -0.00347. The second-order valence-corrected chi connectivity index (χ2v) is 7.39. The highest BCUT2D eigenvalue weighted by molar-refractivity contribution is 9.10. The second-order valence-electron chi connectivity index (χ2n) is 6.47. The first-order valence-corrected chi connectivity index (χ1v) is 8.91. The molecule has 0 heterocycles. The molecule has 0 fully saturated rings. The molecule has 6 nitrogen and oxygen atoms in total. The molecule has 1 atom stereocenters. The molecule has 1 amide bonds. The Labute approximate surface area is 165 Å². The summed E-state index contributed by atoms with van der Waals surface area (Å²) in [6.45, 7) is 3.43. The van der Waals surface area contributed by atoms with Gasteiger partial charge in [-0.1, -0.05) is 54.1 Å². The number of phenolic OH excluding ortho intramolecular Hbond substituents is 1. The van der Waals surface area contributed by atoms with Crippen LogP contribution in [0.25, 0.3) is 0 Å². The van der Waals surface area contributed by atoms with Gasteiger partial charge in [-0.2, -0.15) is 0 Å². The zero-order valence-electron chi connectivity index (χ0n) is 14.8. The Bertz CT molecular complexity index is 849. The molecule has 0 saturated carbocycles. The average molecular weight is 434 g/mol. The number of anilines is 1. The van der Waals surface area contributed by atoms with Gasteiger partial charge in [-0.25, -0.2) is 9.59 Å². The van der Waals surface area contributed by atoms with Crippen molar-refractivity contribution >= 4 is 33.7 Å². The van der Waals surface area contributed by atoms with Crippen LogP contribution in [0.1, 0.15) is 25.5 Å². The lowest BCUT2D eigenvalue weighted by molar-refractivity contribution is -0.131. The van der Waals surface area contributed by atoms with Crippen molar-refractivity contribution in [1.82, 2.24) is 0 Å². The topological polar surface area (TPSA) is 95.9 Å². The van der Waals surface area contributed by atoms with Crippen molar-refractivity contribution in [1.29, 1.82) is 0 Å². The first-order chi connectivity index (χ1) is 12.7. The van der Waals surface area contributed by atoms with Gasteiger partial charge in [0.25, 0.3) is 0 Å². The lowest BCUT2D eigenvalue weighted by Gasteiger charge is -2.32. The summed E-state index contributed by atoms with van der Waals surface area (Å²) < 4.78 is 6.28. The number of nitrogens with one attached hydrogen (secondary N) is 1. The Morgan fingerprint density at radius 2 is 1.85 bits per heavy atom. The molecule has 0 spiro atoms. The minimum Gasteiger partial charge on any atom is -0.508 e. The lowest BCUT2D eigenvalue weighted by atomic mass is 9.81. The SMILES string of the molecule is CC(C)(/C=C/C(=O)O)[C@H](OC(=O)Nc1ccccc1)c1cc(Br)ccc1O. The van der Waals surface area contributed by atoms with E-state index in [1.807, 2.05) is 6.07 Å². The molecule has 2 aromatic carbocycles. The van der Waals surface area contributed by atoms with Crippen molar-refractivity contribution in [2.75, 3.05) is 5.32 Å². The van der Waals surface area contributed by atoms with Crippen molar-refractivity contribution in [2.24, 2.45) is 5.41 Å². The van der Waals surface area contributed by atoms with Gasteiger partial charge < -0.3 is 14.9 Å². The highest BCUT2D eigenvalue weighted by Gasteiger charge is 2.34. The number of hydrogen-bond acceptors (Lipinski definition) is 4. The number of aromatic hydroxyl groups is 1. The summed E-state index contributed by atoms with van der Waals surface area (Å²) >= 11 is 3.33. The zero-order valence-corrected chi connectivity index (χ0v) is 16.4. The van der Waals surface area contributed by atoms with Gasteiger partial charge in [-0.15, -0.1) is 0 Å². The number of amides is 1. The zero-order chi connectivity index (χ0) is 20.0. The quantitative estimate of drug-likeness (QED) is 0.549. The van der Waals surface area contributed by atoms with Crippen LogP contribution in [0.4, 0.5) is 10.5 Å². The van der Waals surface area contributed by atoms with Gasteiger partial charge in [0.15, 0.2) is 0 Å². The molecule has 3 N–H and O–H groups in total. The smallest absolute Gasteiger partial charge is 0.412 e. The van der Waals surface area contributed by atoms with Crippen LogP contribution in [0.2, 0.25) is 0 Å². The van der Waals surface area contributed by atoms with Crippen molar-refractivity contribution in [2.45, 2.75) is 20.0 Å². The molecule has 2 rings (SSSR count). The molecule has 27 heavy (non-hydrogen) atoms. The van der Waals surface area contributed by atoms with Crippen molar-refractivity contribution in [3.05, 3.63) is 70.7 Å². The third kappa shape index (κ3) is 5.86. The van der Waals surface area contributed by atoms with Crippen LogP contribution in [0.15, 0.2) is 65.2 Å². The third-order valence-electron chi connectivity index (χ3n) is 3.85. The third-order valence-corrected chi connectivity index (χ3v) is 4.34. The van der Waals surface area contributed by atoms with Gasteiger partial charge in [0.2, 0.25) is 0 Å². The van der Waals surface area contributed by atoms with Crippen LogP contribution in [-0.2, 0) is 9.53 Å². The van der Waals surface area contributed by atoms with Crippen LogP contribution >= 0.6 is 15.9 Å². The molecular formula is C20H20BrNO5. The molecule has 0 saturated heterocycles. The Morgan fingerprint density at radius 3 is 2.48 bits per heavy atom. The normalized spacial score (nSPS) is 12.6. The molecule has 0 bridgehead atoms. The summed E-state index contributed by atoms with van der Waals surface area (Å²) in [5, 5.41) is 21.8. The number of carboxylic acid groups (broad SMARTS) is 1. The molecule has 2 aromatic rings. The maximum atomic E-state index is 12.4. The maximum absolute atomic E-state index is 12.4. The fraction of sp³-hybridized carbons (Fsp3) is 0.200. The van der Waals surface area contributed by atoms with E-state index in [1.54, 1.807) is 50.2 Å². The van der Waals surface area contributed by atoms with E-state index in [0.29, 0.717) is 15.7 Å². The molecule has 0 aliphatic carbocycles. The van der Waals surface area contributed by atoms with Crippen molar-refractivity contribution in [3.8, 4) is 5.75 Å². The average Bonchev–Trinajstić information content (AvgIpc) is 2.61. The van der Waals surface area contributed by atoms with Crippen molar-refractivity contribution in [3.63, 3.8) is 0 Å².